The van der Waals surface area contributed by atoms with Crippen LogP contribution in [0, 0.1) is 0 Å². The summed E-state index contributed by atoms with van der Waals surface area (Å²) in [5.41, 5.74) is -1.14. The monoisotopic (exact) mass is 742 g/mol. The smallest absolute Gasteiger partial charge is 0.238 e. The normalized spacial score (nSPS) is 35.4. The minimum atomic E-state index is -1.95. The van der Waals surface area contributed by atoms with Crippen molar-refractivity contribution in [2.24, 2.45) is 0 Å². The SMILES string of the molecule is COc1cc(O)c2c(=O)c(O)c(-c3ccc(O)c(OC4OC(CO)C(OC5OCC(O)C(OC6OCC(O)C(O)C6O)C5O)C(O)C4O)c3)oc2c1. The number of aliphatic hydroxyl groups is 8. The number of methoxy groups -OCH3 is 1. The van der Waals surface area contributed by atoms with Crippen molar-refractivity contribution < 1.29 is 93.7 Å². The molecule has 11 N–H and O–H groups in total. The number of aromatic hydroxyl groups is 3. The van der Waals surface area contributed by atoms with Crippen LogP contribution < -0.4 is 14.9 Å². The lowest BCUT2D eigenvalue weighted by Gasteiger charge is -2.46. The maximum atomic E-state index is 12.9. The lowest BCUT2D eigenvalue weighted by Crippen LogP contribution is -2.64. The van der Waals surface area contributed by atoms with Crippen molar-refractivity contribution in [1.82, 2.24) is 0 Å². The second-order valence-electron chi connectivity index (χ2n) is 12.3. The van der Waals surface area contributed by atoms with Crippen LogP contribution in [0.5, 0.6) is 28.7 Å². The van der Waals surface area contributed by atoms with E-state index in [9.17, 15) is 61.0 Å². The summed E-state index contributed by atoms with van der Waals surface area (Å²) in [7, 11) is 1.32. The zero-order valence-corrected chi connectivity index (χ0v) is 27.1. The van der Waals surface area contributed by atoms with Gasteiger partial charge in [-0.3, -0.25) is 4.79 Å². The Kier molecular flexibility index (Phi) is 11.1. The predicted molar refractivity (Wildman–Crippen MR) is 167 cm³/mol. The Morgan fingerprint density at radius 1 is 0.750 bits per heavy atom. The van der Waals surface area contributed by atoms with Crippen LogP contribution in [0.3, 0.4) is 0 Å². The Morgan fingerprint density at radius 2 is 1.40 bits per heavy atom. The molecular weight excluding hydrogens is 704 g/mol. The number of benzene rings is 2. The van der Waals surface area contributed by atoms with E-state index in [4.69, 9.17) is 37.6 Å². The zero-order valence-electron chi connectivity index (χ0n) is 27.1. The first kappa shape index (κ1) is 37.9. The number of hydrogen-bond acceptors (Lipinski definition) is 20. The maximum Gasteiger partial charge on any atom is 0.238 e. The van der Waals surface area contributed by atoms with Gasteiger partial charge >= 0.3 is 0 Å². The summed E-state index contributed by atoms with van der Waals surface area (Å²) in [5, 5.41) is 115. The van der Waals surface area contributed by atoms with E-state index in [1.54, 1.807) is 0 Å². The molecule has 20 nitrogen and oxygen atoms in total. The quantitative estimate of drug-likeness (QED) is 0.102. The van der Waals surface area contributed by atoms with Gasteiger partial charge < -0.3 is 93.7 Å². The minimum absolute atomic E-state index is 0.0170. The molecule has 3 saturated heterocycles. The highest BCUT2D eigenvalue weighted by Crippen LogP contribution is 2.40. The summed E-state index contributed by atoms with van der Waals surface area (Å²) in [6.45, 7) is -1.77. The third kappa shape index (κ3) is 7.09. The van der Waals surface area contributed by atoms with Crippen LogP contribution in [0.25, 0.3) is 22.3 Å². The molecule has 0 saturated carbocycles. The Morgan fingerprint density at radius 3 is 2.10 bits per heavy atom. The van der Waals surface area contributed by atoms with Gasteiger partial charge in [0.1, 0.15) is 83.5 Å². The first-order chi connectivity index (χ1) is 24.7. The number of phenolic OH excluding ortho intramolecular Hbond substituents is 2. The molecular formula is C32H38O20. The number of hydrogen-bond donors (Lipinski definition) is 11. The molecule has 2 aromatic carbocycles. The summed E-state index contributed by atoms with van der Waals surface area (Å²) in [4.78, 5) is 12.9. The second kappa shape index (κ2) is 15.2. The van der Waals surface area contributed by atoms with Crippen molar-refractivity contribution in [3.8, 4) is 40.1 Å². The average molecular weight is 743 g/mol. The van der Waals surface area contributed by atoms with Gasteiger partial charge in [0.25, 0.3) is 0 Å². The molecule has 6 rings (SSSR count). The van der Waals surface area contributed by atoms with Crippen molar-refractivity contribution in [2.45, 2.75) is 79.9 Å². The van der Waals surface area contributed by atoms with Crippen LogP contribution in [0.2, 0.25) is 0 Å². The number of phenols is 2. The molecule has 0 radical (unpaired) electrons. The van der Waals surface area contributed by atoms with E-state index < -0.39 is 134 Å². The maximum absolute atomic E-state index is 12.9. The number of aliphatic hydroxyl groups excluding tert-OH is 8. The molecule has 52 heavy (non-hydrogen) atoms. The lowest BCUT2D eigenvalue weighted by atomic mass is 9.98. The van der Waals surface area contributed by atoms with Gasteiger partial charge in [-0.15, -0.1) is 0 Å². The fourth-order valence-corrected chi connectivity index (χ4v) is 6.04. The van der Waals surface area contributed by atoms with Gasteiger partial charge in [-0.2, -0.15) is 0 Å². The van der Waals surface area contributed by atoms with Crippen molar-refractivity contribution in [1.29, 1.82) is 0 Å². The predicted octanol–water partition coefficient (Wildman–Crippen LogP) is -3.31. The van der Waals surface area contributed by atoms with E-state index in [-0.39, 0.29) is 22.3 Å². The molecule has 3 fully saturated rings. The molecule has 0 aliphatic carbocycles. The van der Waals surface area contributed by atoms with Gasteiger partial charge in [0.05, 0.1) is 26.9 Å². The van der Waals surface area contributed by atoms with E-state index in [0.29, 0.717) is 0 Å². The van der Waals surface area contributed by atoms with E-state index >= 15 is 0 Å². The zero-order chi connectivity index (χ0) is 37.6. The number of rotatable bonds is 9. The highest BCUT2D eigenvalue weighted by molar-refractivity contribution is 5.88. The minimum Gasteiger partial charge on any atom is -0.507 e. The van der Waals surface area contributed by atoms with Gasteiger partial charge in [-0.25, -0.2) is 0 Å². The van der Waals surface area contributed by atoms with Crippen LogP contribution in [0.1, 0.15) is 0 Å². The van der Waals surface area contributed by atoms with Crippen molar-refractivity contribution in [3.63, 3.8) is 0 Å². The Bertz CT molecular complexity index is 1780. The molecule has 0 amide bonds. The fourth-order valence-electron chi connectivity index (χ4n) is 6.04. The first-order valence-corrected chi connectivity index (χ1v) is 15.9. The van der Waals surface area contributed by atoms with Gasteiger partial charge in [0.2, 0.25) is 17.5 Å². The summed E-state index contributed by atoms with van der Waals surface area (Å²) < 4.78 is 43.8. The molecule has 3 aliphatic rings. The largest absolute Gasteiger partial charge is 0.507 e. The first-order valence-electron chi connectivity index (χ1n) is 15.9. The van der Waals surface area contributed by atoms with Crippen molar-refractivity contribution >= 4 is 11.0 Å². The molecule has 0 bridgehead atoms. The Labute approximate surface area is 292 Å². The standard InChI is InChI=1S/C32H38O20/c1-45-11-5-13(35)19-17(6-11)48-27(22(40)21(19)39)10-2-3-12(34)16(4-10)49-32-25(43)23(41)29(18(7-33)50-32)52-31-26(44)28(15(37)9-47-31)51-30-24(42)20(38)14(36)8-46-30/h2-6,14-15,18,20,23-26,28-38,40-44H,7-9H2,1H3. The fraction of sp³-hybridized carbons (Fsp3) is 0.531. The van der Waals surface area contributed by atoms with E-state index in [0.717, 1.165) is 18.2 Å². The van der Waals surface area contributed by atoms with E-state index in [1.807, 2.05) is 0 Å². The molecule has 13 unspecified atom stereocenters. The summed E-state index contributed by atoms with van der Waals surface area (Å²) in [6.07, 6.45) is -21.7. The summed E-state index contributed by atoms with van der Waals surface area (Å²) >= 11 is 0. The summed E-state index contributed by atoms with van der Waals surface area (Å²) in [5.74, 6) is -2.56. The summed E-state index contributed by atoms with van der Waals surface area (Å²) in [6, 6.07) is 5.94. The second-order valence-corrected chi connectivity index (χ2v) is 12.3. The van der Waals surface area contributed by atoms with Crippen molar-refractivity contribution in [3.05, 3.63) is 40.6 Å². The van der Waals surface area contributed by atoms with Crippen molar-refractivity contribution in [2.75, 3.05) is 26.9 Å². The molecule has 3 aliphatic heterocycles. The third-order valence-corrected chi connectivity index (χ3v) is 8.91. The van der Waals surface area contributed by atoms with Gasteiger partial charge in [0, 0.05) is 17.7 Å². The third-order valence-electron chi connectivity index (χ3n) is 8.91. The highest BCUT2D eigenvalue weighted by atomic mass is 16.7. The van der Waals surface area contributed by atoms with Crippen LogP contribution in [-0.2, 0) is 23.7 Å². The molecule has 0 spiro atoms. The van der Waals surface area contributed by atoms with Crippen LogP contribution in [-0.4, -0.2) is 163 Å². The van der Waals surface area contributed by atoms with Gasteiger partial charge in [0.15, 0.2) is 29.8 Å². The Balaban J connectivity index is 1.18. The molecule has 13 atom stereocenters. The van der Waals surface area contributed by atoms with Crippen LogP contribution in [0.15, 0.2) is 39.5 Å². The Hall–Kier alpha value is -3.87. The molecule has 4 heterocycles. The highest BCUT2D eigenvalue weighted by Gasteiger charge is 2.51. The topological polar surface area (TPSA) is 317 Å². The average Bonchev–Trinajstić information content (AvgIpc) is 3.12. The molecule has 286 valence electrons. The molecule has 20 heteroatoms. The van der Waals surface area contributed by atoms with Crippen LogP contribution in [0.4, 0.5) is 0 Å². The molecule has 1 aromatic heterocycles. The van der Waals surface area contributed by atoms with Gasteiger partial charge in [-0.1, -0.05) is 0 Å². The van der Waals surface area contributed by atoms with Gasteiger partial charge in [-0.05, 0) is 18.2 Å². The number of ether oxygens (including phenoxy) is 7. The lowest BCUT2D eigenvalue weighted by molar-refractivity contribution is -0.359. The molecule has 3 aromatic rings. The van der Waals surface area contributed by atoms with E-state index in [1.165, 1.54) is 19.2 Å². The number of fused-ring (bicyclic) bond motifs is 1. The van der Waals surface area contributed by atoms with E-state index in [2.05, 4.69) is 0 Å². The van der Waals surface area contributed by atoms with Crippen LogP contribution >= 0.6 is 0 Å².